The fourth-order valence-corrected chi connectivity index (χ4v) is 2.40. The molecule has 1 aliphatic rings. The molecule has 0 atom stereocenters. The Morgan fingerprint density at radius 3 is 2.39 bits per heavy atom. The lowest BCUT2D eigenvalue weighted by Crippen LogP contribution is -2.36. The molecule has 0 aliphatic carbocycles. The van der Waals surface area contributed by atoms with E-state index in [0.717, 1.165) is 26.3 Å². The molecule has 0 unspecified atom stereocenters. The van der Waals surface area contributed by atoms with Crippen molar-refractivity contribution in [2.75, 3.05) is 32.8 Å². The minimum Gasteiger partial charge on any atom is -0.379 e. The topological polar surface area (TPSA) is 12.5 Å². The van der Waals surface area contributed by atoms with Crippen LogP contribution >= 0.6 is 0 Å². The van der Waals surface area contributed by atoms with E-state index in [4.69, 9.17) is 4.74 Å². The van der Waals surface area contributed by atoms with Crippen LogP contribution in [0.1, 0.15) is 37.3 Å². The average Bonchev–Trinajstić information content (AvgIpc) is 2.40. The van der Waals surface area contributed by atoms with Gasteiger partial charge in [-0.25, -0.2) is 0 Å². The lowest BCUT2D eigenvalue weighted by atomic mass is 10.0. The molecule has 1 fully saturated rings. The van der Waals surface area contributed by atoms with Crippen molar-refractivity contribution in [1.82, 2.24) is 4.90 Å². The van der Waals surface area contributed by atoms with E-state index in [1.807, 2.05) is 0 Å². The molecule has 1 heterocycles. The first-order valence-electron chi connectivity index (χ1n) is 7.14. The Morgan fingerprint density at radius 1 is 1.11 bits per heavy atom. The Bertz CT molecular complexity index is 339. The van der Waals surface area contributed by atoms with Crippen molar-refractivity contribution in [2.45, 2.75) is 32.6 Å². The summed E-state index contributed by atoms with van der Waals surface area (Å²) in [6.07, 6.45) is 2.44. The quantitative estimate of drug-likeness (QED) is 0.793. The maximum atomic E-state index is 5.36. The summed E-state index contributed by atoms with van der Waals surface area (Å²) in [5, 5.41) is 0. The highest BCUT2D eigenvalue weighted by atomic mass is 16.5. The van der Waals surface area contributed by atoms with Gasteiger partial charge in [-0.15, -0.1) is 0 Å². The molecule has 0 radical (unpaired) electrons. The molecule has 1 aromatic rings. The Hall–Kier alpha value is -0.860. The first kappa shape index (κ1) is 13.6. The maximum absolute atomic E-state index is 5.36. The summed E-state index contributed by atoms with van der Waals surface area (Å²) in [6, 6.07) is 9.12. The fourth-order valence-electron chi connectivity index (χ4n) is 2.40. The Morgan fingerprint density at radius 2 is 1.78 bits per heavy atom. The summed E-state index contributed by atoms with van der Waals surface area (Å²) < 4.78 is 5.36. The van der Waals surface area contributed by atoms with Crippen LogP contribution in [-0.4, -0.2) is 37.7 Å². The van der Waals surface area contributed by atoms with E-state index in [1.54, 1.807) is 0 Å². The number of aryl methyl sites for hydroxylation is 1. The van der Waals surface area contributed by atoms with E-state index in [1.165, 1.54) is 30.5 Å². The number of hydrogen-bond acceptors (Lipinski definition) is 2. The first-order valence-corrected chi connectivity index (χ1v) is 7.14. The fraction of sp³-hybridized carbons (Fsp3) is 0.625. The Labute approximate surface area is 111 Å². The minimum atomic E-state index is 0.632. The van der Waals surface area contributed by atoms with Crippen LogP contribution in [-0.2, 0) is 11.2 Å². The van der Waals surface area contributed by atoms with Gasteiger partial charge in [0.15, 0.2) is 0 Å². The minimum absolute atomic E-state index is 0.632. The van der Waals surface area contributed by atoms with Crippen LogP contribution in [0.3, 0.4) is 0 Å². The largest absolute Gasteiger partial charge is 0.379 e. The van der Waals surface area contributed by atoms with Crippen LogP contribution in [0, 0.1) is 0 Å². The molecule has 0 amide bonds. The van der Waals surface area contributed by atoms with E-state index in [9.17, 15) is 0 Å². The molecule has 2 heteroatoms. The van der Waals surface area contributed by atoms with Crippen LogP contribution < -0.4 is 0 Å². The zero-order chi connectivity index (χ0) is 12.8. The normalized spacial score (nSPS) is 17.3. The van der Waals surface area contributed by atoms with Gasteiger partial charge in [-0.2, -0.15) is 0 Å². The second kappa shape index (κ2) is 6.91. The number of morpholine rings is 1. The van der Waals surface area contributed by atoms with Crippen molar-refractivity contribution in [1.29, 1.82) is 0 Å². The molecule has 0 bridgehead atoms. The molecule has 0 spiro atoms. The third-order valence-electron chi connectivity index (χ3n) is 3.69. The highest BCUT2D eigenvalue weighted by Crippen LogP contribution is 2.15. The van der Waals surface area contributed by atoms with E-state index in [2.05, 4.69) is 43.0 Å². The van der Waals surface area contributed by atoms with E-state index in [0.29, 0.717) is 5.92 Å². The summed E-state index contributed by atoms with van der Waals surface area (Å²) in [7, 11) is 0. The van der Waals surface area contributed by atoms with Crippen molar-refractivity contribution in [3.63, 3.8) is 0 Å². The van der Waals surface area contributed by atoms with Gasteiger partial charge in [0.25, 0.3) is 0 Å². The second-order valence-electron chi connectivity index (χ2n) is 5.45. The zero-order valence-corrected chi connectivity index (χ0v) is 11.7. The monoisotopic (exact) mass is 247 g/mol. The molecule has 100 valence electrons. The van der Waals surface area contributed by atoms with Crippen LogP contribution in [0.15, 0.2) is 24.3 Å². The predicted molar refractivity (Wildman–Crippen MR) is 76.1 cm³/mol. The van der Waals surface area contributed by atoms with Crippen LogP contribution in [0.5, 0.6) is 0 Å². The maximum Gasteiger partial charge on any atom is 0.0594 e. The number of ether oxygens (including phenoxy) is 1. The van der Waals surface area contributed by atoms with Crippen molar-refractivity contribution >= 4 is 0 Å². The highest BCUT2D eigenvalue weighted by Gasteiger charge is 2.09. The van der Waals surface area contributed by atoms with Crippen molar-refractivity contribution in [3.05, 3.63) is 35.4 Å². The van der Waals surface area contributed by atoms with Crippen molar-refractivity contribution in [2.24, 2.45) is 0 Å². The zero-order valence-electron chi connectivity index (χ0n) is 11.7. The molecule has 2 rings (SSSR count). The van der Waals surface area contributed by atoms with Gasteiger partial charge in [-0.1, -0.05) is 38.1 Å². The van der Waals surface area contributed by atoms with Gasteiger partial charge in [0, 0.05) is 13.1 Å². The molecule has 1 saturated heterocycles. The van der Waals surface area contributed by atoms with Crippen molar-refractivity contribution < 1.29 is 4.74 Å². The summed E-state index contributed by atoms with van der Waals surface area (Å²) in [4.78, 5) is 2.51. The lowest BCUT2D eigenvalue weighted by molar-refractivity contribution is 0.0375. The van der Waals surface area contributed by atoms with Gasteiger partial charge in [-0.3, -0.25) is 4.90 Å². The molecule has 0 aromatic heterocycles. The molecule has 0 N–H and O–H groups in total. The summed E-state index contributed by atoms with van der Waals surface area (Å²) >= 11 is 0. The first-order chi connectivity index (χ1) is 8.75. The number of rotatable bonds is 5. The van der Waals surface area contributed by atoms with Crippen LogP contribution in [0.4, 0.5) is 0 Å². The number of hydrogen-bond donors (Lipinski definition) is 0. The molecule has 1 aliphatic heterocycles. The third kappa shape index (κ3) is 4.11. The predicted octanol–water partition coefficient (Wildman–Crippen LogP) is 3.07. The van der Waals surface area contributed by atoms with Crippen molar-refractivity contribution in [3.8, 4) is 0 Å². The smallest absolute Gasteiger partial charge is 0.0594 e. The van der Waals surface area contributed by atoms with E-state index < -0.39 is 0 Å². The molecular formula is C16H25NO. The van der Waals surface area contributed by atoms with E-state index in [-0.39, 0.29) is 0 Å². The third-order valence-corrected chi connectivity index (χ3v) is 3.69. The lowest BCUT2D eigenvalue weighted by Gasteiger charge is -2.26. The summed E-state index contributed by atoms with van der Waals surface area (Å²) in [5.74, 6) is 0.632. The van der Waals surface area contributed by atoms with Gasteiger partial charge >= 0.3 is 0 Å². The SMILES string of the molecule is CC(C)c1ccc(CCCN2CCOCC2)cc1. The molecule has 2 nitrogen and oxygen atoms in total. The number of nitrogens with zero attached hydrogens (tertiary/aromatic N) is 1. The number of benzene rings is 1. The summed E-state index contributed by atoms with van der Waals surface area (Å²) in [6.45, 7) is 9.71. The van der Waals surface area contributed by atoms with Crippen LogP contribution in [0.2, 0.25) is 0 Å². The molecule has 18 heavy (non-hydrogen) atoms. The highest BCUT2D eigenvalue weighted by molar-refractivity contribution is 5.24. The van der Waals surface area contributed by atoms with Gasteiger partial charge < -0.3 is 4.74 Å². The van der Waals surface area contributed by atoms with Gasteiger partial charge in [-0.05, 0) is 36.4 Å². The Kier molecular flexibility index (Phi) is 5.21. The molecular weight excluding hydrogens is 222 g/mol. The second-order valence-corrected chi connectivity index (χ2v) is 5.45. The van der Waals surface area contributed by atoms with Crippen LogP contribution in [0.25, 0.3) is 0 Å². The van der Waals surface area contributed by atoms with E-state index >= 15 is 0 Å². The molecule has 0 saturated carbocycles. The van der Waals surface area contributed by atoms with Gasteiger partial charge in [0.05, 0.1) is 13.2 Å². The Balaban J connectivity index is 1.72. The summed E-state index contributed by atoms with van der Waals surface area (Å²) in [5.41, 5.74) is 2.90. The van der Waals surface area contributed by atoms with Gasteiger partial charge in [0.2, 0.25) is 0 Å². The average molecular weight is 247 g/mol. The molecule has 1 aromatic carbocycles. The standard InChI is InChI=1S/C16H25NO/c1-14(2)16-7-5-15(6-8-16)4-3-9-17-10-12-18-13-11-17/h5-8,14H,3-4,9-13H2,1-2H3. The van der Waals surface area contributed by atoms with Gasteiger partial charge in [0.1, 0.15) is 0 Å².